The summed E-state index contributed by atoms with van der Waals surface area (Å²) in [6.07, 6.45) is 10.9. The molecule has 4 heterocycles. The number of rotatable bonds is 14. The van der Waals surface area contributed by atoms with E-state index in [0.29, 0.717) is 88.7 Å². The summed E-state index contributed by atoms with van der Waals surface area (Å²) in [6.45, 7) is 9.54. The van der Waals surface area contributed by atoms with Crippen LogP contribution in [0.4, 0.5) is 0 Å². The Morgan fingerprint density at radius 1 is 0.552 bits per heavy atom. The molecule has 0 aliphatic carbocycles. The van der Waals surface area contributed by atoms with Gasteiger partial charge in [0, 0.05) is 161 Å². The standard InChI is InChI=1S/C52H54Cl2N6O6S/c1-35(61)55-21-25-59(26-22-55)47(63)15-9-37-7-13-45(51(53)49(37)41-5-11-43-39(33-41)17-19-57(43)29-31-65-3)67-46-14-8-38(10-16-48(64)60-27-23-56(24-28-60)36(2)62)50(52(46)54)42-6-12-44-40(34-42)18-20-58(44)30-32-66-4/h5-20,33-34H,21-32H2,1-4H3/b15-9+,16-10+. The van der Waals surface area contributed by atoms with Gasteiger partial charge in [0.1, 0.15) is 0 Å². The van der Waals surface area contributed by atoms with Crippen LogP contribution in [0.2, 0.25) is 10.0 Å². The average molecular weight is 962 g/mol. The molecule has 2 aromatic heterocycles. The molecule has 0 saturated carbocycles. The molecule has 0 atom stereocenters. The first-order valence-corrected chi connectivity index (χ1v) is 24.0. The fourth-order valence-corrected chi connectivity index (χ4v) is 10.5. The number of aromatic nitrogens is 2. The highest BCUT2D eigenvalue weighted by molar-refractivity contribution is 7.99. The van der Waals surface area contributed by atoms with Gasteiger partial charge in [0.15, 0.2) is 0 Å². The first-order valence-electron chi connectivity index (χ1n) is 22.4. The minimum atomic E-state index is -0.134. The summed E-state index contributed by atoms with van der Waals surface area (Å²) in [4.78, 5) is 59.4. The van der Waals surface area contributed by atoms with Gasteiger partial charge in [-0.05, 0) is 82.9 Å². The molecule has 12 nitrogen and oxygen atoms in total. The van der Waals surface area contributed by atoms with E-state index < -0.39 is 0 Å². The SMILES string of the molecule is COCCn1ccc2cc(-c3c(/C=C/C(=O)N4CCN(C(C)=O)CC4)ccc(Sc4ccc(/C=C/C(=O)N5CCN(C(C)=O)CC5)c(-c5ccc6c(ccn6CCOC)c5)c4Cl)c3Cl)ccc21. The third-order valence-electron chi connectivity index (χ3n) is 12.6. The molecule has 4 aromatic carbocycles. The van der Waals surface area contributed by atoms with E-state index in [2.05, 4.69) is 57.7 Å². The third-order valence-corrected chi connectivity index (χ3v) is 14.7. The Hall–Kier alpha value is -5.83. The largest absolute Gasteiger partial charge is 0.383 e. The first-order chi connectivity index (χ1) is 32.4. The normalized spacial score (nSPS) is 14.7. The van der Waals surface area contributed by atoms with Gasteiger partial charge in [-0.2, -0.15) is 0 Å². The molecule has 0 bridgehead atoms. The van der Waals surface area contributed by atoms with Gasteiger partial charge >= 0.3 is 0 Å². The van der Waals surface area contributed by atoms with Crippen molar-refractivity contribution in [1.29, 1.82) is 0 Å². The van der Waals surface area contributed by atoms with Crippen molar-refractivity contribution in [3.05, 3.63) is 119 Å². The maximum atomic E-state index is 13.5. The first kappa shape index (κ1) is 47.7. The van der Waals surface area contributed by atoms with Crippen molar-refractivity contribution in [2.45, 2.75) is 36.7 Å². The Kier molecular flexibility index (Phi) is 15.2. The van der Waals surface area contributed by atoms with E-state index in [1.165, 1.54) is 11.8 Å². The summed E-state index contributed by atoms with van der Waals surface area (Å²) in [5.41, 5.74) is 6.98. The van der Waals surface area contributed by atoms with Crippen LogP contribution in [0.1, 0.15) is 25.0 Å². The molecule has 15 heteroatoms. The Morgan fingerprint density at radius 3 is 1.31 bits per heavy atom. The number of benzene rings is 4. The lowest BCUT2D eigenvalue weighted by atomic mass is 9.97. The number of hydrogen-bond acceptors (Lipinski definition) is 7. The fraction of sp³-hybridized carbons (Fsp3) is 0.308. The van der Waals surface area contributed by atoms with Gasteiger partial charge in [-0.3, -0.25) is 19.2 Å². The van der Waals surface area contributed by atoms with Gasteiger partial charge < -0.3 is 38.2 Å². The van der Waals surface area contributed by atoms with Crippen molar-refractivity contribution >= 4 is 92.6 Å². The molecule has 0 N–H and O–H groups in total. The van der Waals surface area contributed by atoms with Gasteiger partial charge in [-0.1, -0.05) is 59.2 Å². The maximum Gasteiger partial charge on any atom is 0.246 e. The second-order valence-electron chi connectivity index (χ2n) is 16.7. The predicted molar refractivity (Wildman–Crippen MR) is 268 cm³/mol. The van der Waals surface area contributed by atoms with Gasteiger partial charge in [0.25, 0.3) is 0 Å². The highest BCUT2D eigenvalue weighted by Crippen LogP contribution is 2.47. The predicted octanol–water partition coefficient (Wildman–Crippen LogP) is 9.09. The maximum absolute atomic E-state index is 13.5. The molecular formula is C52H54Cl2N6O6S. The molecular weight excluding hydrogens is 908 g/mol. The minimum absolute atomic E-state index is 0.00652. The highest BCUT2D eigenvalue weighted by Gasteiger charge is 2.24. The molecule has 2 aliphatic rings. The number of methoxy groups -OCH3 is 2. The van der Waals surface area contributed by atoms with Crippen LogP contribution in [0.25, 0.3) is 56.2 Å². The Bertz CT molecular complexity index is 2700. The molecule has 8 rings (SSSR count). The third kappa shape index (κ3) is 10.7. The van der Waals surface area contributed by atoms with Crippen LogP contribution >= 0.6 is 35.0 Å². The molecule has 6 aromatic rings. The molecule has 2 aliphatic heterocycles. The lowest BCUT2D eigenvalue weighted by molar-refractivity contribution is -0.135. The number of carbonyl (C=O) groups excluding carboxylic acids is 4. The summed E-state index contributed by atoms with van der Waals surface area (Å²) in [7, 11) is 3.38. The Balaban J connectivity index is 1.16. The van der Waals surface area contributed by atoms with Gasteiger partial charge in [0.2, 0.25) is 23.6 Å². The van der Waals surface area contributed by atoms with Crippen molar-refractivity contribution in [3.8, 4) is 22.3 Å². The zero-order valence-electron chi connectivity index (χ0n) is 38.2. The smallest absolute Gasteiger partial charge is 0.246 e. The summed E-state index contributed by atoms with van der Waals surface area (Å²) >= 11 is 16.5. The summed E-state index contributed by atoms with van der Waals surface area (Å²) in [5, 5.41) is 3.08. The quantitative estimate of drug-likeness (QED) is 0.100. The average Bonchev–Trinajstić information content (AvgIpc) is 3.95. The van der Waals surface area contributed by atoms with E-state index in [9.17, 15) is 19.2 Å². The van der Waals surface area contributed by atoms with E-state index in [4.69, 9.17) is 32.7 Å². The molecule has 67 heavy (non-hydrogen) atoms. The molecule has 0 spiro atoms. The topological polar surface area (TPSA) is 110 Å². The van der Waals surface area contributed by atoms with Crippen LogP contribution in [0, 0.1) is 0 Å². The van der Waals surface area contributed by atoms with E-state index in [1.54, 1.807) is 59.8 Å². The Morgan fingerprint density at radius 2 is 0.940 bits per heavy atom. The second-order valence-corrected chi connectivity index (χ2v) is 18.5. The number of ether oxygens (including phenoxy) is 2. The lowest BCUT2D eigenvalue weighted by Gasteiger charge is -2.33. The molecule has 0 radical (unpaired) electrons. The van der Waals surface area contributed by atoms with Crippen molar-refractivity contribution in [2.24, 2.45) is 0 Å². The summed E-state index contributed by atoms with van der Waals surface area (Å²) in [5.74, 6) is -0.256. The lowest BCUT2D eigenvalue weighted by Crippen LogP contribution is -2.49. The van der Waals surface area contributed by atoms with E-state index in [-0.39, 0.29) is 23.6 Å². The van der Waals surface area contributed by atoms with Gasteiger partial charge in [-0.25, -0.2) is 0 Å². The zero-order valence-corrected chi connectivity index (χ0v) is 40.5. The van der Waals surface area contributed by atoms with Crippen LogP contribution in [-0.2, 0) is 41.7 Å². The van der Waals surface area contributed by atoms with Crippen LogP contribution < -0.4 is 0 Å². The summed E-state index contributed by atoms with van der Waals surface area (Å²) in [6, 6.07) is 24.5. The van der Waals surface area contributed by atoms with Gasteiger partial charge in [0.05, 0.1) is 23.3 Å². The van der Waals surface area contributed by atoms with Crippen LogP contribution in [-0.4, -0.2) is 132 Å². The van der Waals surface area contributed by atoms with Crippen LogP contribution in [0.5, 0.6) is 0 Å². The molecule has 4 amide bonds. The molecule has 2 fully saturated rings. The number of carbonyl (C=O) groups is 4. The number of fused-ring (bicyclic) bond motifs is 2. The van der Waals surface area contributed by atoms with Crippen molar-refractivity contribution in [2.75, 3.05) is 79.8 Å². The fourth-order valence-electron chi connectivity index (χ4n) is 8.78. The second kappa shape index (κ2) is 21.4. The number of nitrogens with zero attached hydrogens (tertiary/aromatic N) is 6. The molecule has 0 unspecified atom stereocenters. The number of piperazine rings is 2. The molecule has 2 saturated heterocycles. The monoisotopic (exact) mass is 960 g/mol. The number of halogens is 2. The summed E-state index contributed by atoms with van der Waals surface area (Å²) < 4.78 is 15.0. The van der Waals surface area contributed by atoms with Gasteiger partial charge in [-0.15, -0.1) is 0 Å². The number of amides is 4. The minimum Gasteiger partial charge on any atom is -0.383 e. The highest BCUT2D eigenvalue weighted by atomic mass is 35.5. The molecule has 348 valence electrons. The van der Waals surface area contributed by atoms with Crippen molar-refractivity contribution in [1.82, 2.24) is 28.7 Å². The van der Waals surface area contributed by atoms with Crippen LogP contribution in [0.3, 0.4) is 0 Å². The van der Waals surface area contributed by atoms with Crippen LogP contribution in [0.15, 0.2) is 107 Å². The van der Waals surface area contributed by atoms with Crippen molar-refractivity contribution < 1.29 is 28.7 Å². The number of hydrogen-bond donors (Lipinski definition) is 0. The van der Waals surface area contributed by atoms with E-state index in [1.807, 2.05) is 48.8 Å². The zero-order chi connectivity index (χ0) is 47.2. The van der Waals surface area contributed by atoms with E-state index in [0.717, 1.165) is 65.0 Å². The Labute approximate surface area is 405 Å². The van der Waals surface area contributed by atoms with Crippen molar-refractivity contribution in [3.63, 3.8) is 0 Å². The van der Waals surface area contributed by atoms with E-state index >= 15 is 0 Å².